The van der Waals surface area contributed by atoms with Crippen LogP contribution >= 0.6 is 0 Å². The monoisotopic (exact) mass is 250 g/mol. The molecule has 18 heavy (non-hydrogen) atoms. The van der Waals surface area contributed by atoms with Crippen LogP contribution in [0.3, 0.4) is 0 Å². The van der Waals surface area contributed by atoms with Gasteiger partial charge in [-0.15, -0.1) is 0 Å². The van der Waals surface area contributed by atoms with Gasteiger partial charge in [0.1, 0.15) is 11.6 Å². The molecule has 2 aliphatic heterocycles. The van der Waals surface area contributed by atoms with Gasteiger partial charge in [-0.3, -0.25) is 9.59 Å². The van der Waals surface area contributed by atoms with Gasteiger partial charge in [0.25, 0.3) is 0 Å². The van der Waals surface area contributed by atoms with Crippen LogP contribution in [-0.4, -0.2) is 22.8 Å². The zero-order valence-corrected chi connectivity index (χ0v) is 11.7. The molecule has 2 heterocycles. The van der Waals surface area contributed by atoms with Gasteiger partial charge in [0, 0.05) is 18.8 Å². The Bertz CT molecular complexity index is 425. The molecule has 2 saturated heterocycles. The molecule has 0 spiro atoms. The summed E-state index contributed by atoms with van der Waals surface area (Å²) in [7, 11) is 0. The highest BCUT2D eigenvalue weighted by Gasteiger charge is 2.62. The molecular weight excluding hydrogens is 228 g/mol. The van der Waals surface area contributed by atoms with Crippen LogP contribution < -0.4 is 0 Å². The second-order valence-electron chi connectivity index (χ2n) is 7.24. The third-order valence-electron chi connectivity index (χ3n) is 5.44. The fourth-order valence-electron chi connectivity index (χ4n) is 4.75. The van der Waals surface area contributed by atoms with E-state index >= 15 is 0 Å². The molecule has 2 bridgehead atoms. The van der Waals surface area contributed by atoms with E-state index in [0.29, 0.717) is 36.2 Å². The minimum Gasteiger partial charge on any atom is -0.367 e. The van der Waals surface area contributed by atoms with Gasteiger partial charge in [0.15, 0.2) is 0 Å². The van der Waals surface area contributed by atoms with Gasteiger partial charge in [-0.2, -0.15) is 0 Å². The minimum absolute atomic E-state index is 0.0334. The van der Waals surface area contributed by atoms with E-state index in [2.05, 4.69) is 6.92 Å². The molecule has 0 N–H and O–H groups in total. The predicted molar refractivity (Wildman–Crippen MR) is 67.1 cm³/mol. The highest BCUT2D eigenvalue weighted by molar-refractivity contribution is 5.90. The minimum atomic E-state index is -0.569. The summed E-state index contributed by atoms with van der Waals surface area (Å²) in [4.78, 5) is 24.6. The van der Waals surface area contributed by atoms with Crippen molar-refractivity contribution in [1.82, 2.24) is 0 Å². The standard InChI is InChI=1S/C15H22O3/c1-8-5-11(16)13-9(8)6-10-12(17)7-15(13,4)18-14(10,2)3/h8-10,13H,5-7H2,1-4H3/t8-,9-,10+,13-,15+/m1/s1. The number of hydrogen-bond donors (Lipinski definition) is 0. The molecule has 0 aromatic heterocycles. The summed E-state index contributed by atoms with van der Waals surface area (Å²) in [5, 5.41) is 0. The molecule has 4 aliphatic rings. The van der Waals surface area contributed by atoms with Gasteiger partial charge in [-0.25, -0.2) is 0 Å². The number of fused-ring (bicyclic) bond motifs is 2. The van der Waals surface area contributed by atoms with Crippen molar-refractivity contribution in [3.8, 4) is 0 Å². The topological polar surface area (TPSA) is 43.4 Å². The molecule has 4 rings (SSSR count). The van der Waals surface area contributed by atoms with Crippen molar-refractivity contribution in [3.05, 3.63) is 0 Å². The molecule has 2 saturated carbocycles. The van der Waals surface area contributed by atoms with E-state index in [0.717, 1.165) is 6.42 Å². The first-order valence-electron chi connectivity index (χ1n) is 7.00. The molecule has 3 heteroatoms. The van der Waals surface area contributed by atoms with Gasteiger partial charge in [0.05, 0.1) is 17.1 Å². The molecule has 3 nitrogen and oxygen atoms in total. The van der Waals surface area contributed by atoms with Gasteiger partial charge in [0.2, 0.25) is 0 Å². The van der Waals surface area contributed by atoms with Crippen LogP contribution in [0.2, 0.25) is 0 Å². The van der Waals surface area contributed by atoms with Crippen LogP contribution in [0, 0.1) is 23.7 Å². The zero-order chi connectivity index (χ0) is 13.3. The largest absolute Gasteiger partial charge is 0.367 e. The lowest BCUT2D eigenvalue weighted by atomic mass is 9.77. The maximum Gasteiger partial charge on any atom is 0.141 e. The Labute approximate surface area is 108 Å². The van der Waals surface area contributed by atoms with Crippen molar-refractivity contribution < 1.29 is 14.3 Å². The molecule has 0 radical (unpaired) electrons. The Morgan fingerprint density at radius 1 is 1.17 bits per heavy atom. The highest BCUT2D eigenvalue weighted by Crippen LogP contribution is 2.56. The predicted octanol–water partition coefficient (Wildman–Crippen LogP) is 2.37. The third kappa shape index (κ3) is 1.46. The fraction of sp³-hybridized carbons (Fsp3) is 0.867. The Morgan fingerprint density at radius 3 is 2.44 bits per heavy atom. The van der Waals surface area contributed by atoms with Crippen LogP contribution in [0.25, 0.3) is 0 Å². The number of hydrogen-bond acceptors (Lipinski definition) is 3. The lowest BCUT2D eigenvalue weighted by Gasteiger charge is -2.46. The Balaban J connectivity index is 2.10. The van der Waals surface area contributed by atoms with Crippen LogP contribution in [0.4, 0.5) is 0 Å². The molecule has 2 aliphatic carbocycles. The van der Waals surface area contributed by atoms with Crippen molar-refractivity contribution in [2.45, 2.75) is 58.2 Å². The van der Waals surface area contributed by atoms with Crippen molar-refractivity contribution in [3.63, 3.8) is 0 Å². The number of ketones is 2. The Morgan fingerprint density at radius 2 is 1.83 bits per heavy atom. The molecule has 0 aromatic carbocycles. The summed E-state index contributed by atoms with van der Waals surface area (Å²) in [5.74, 6) is 1.23. The molecular formula is C15H22O3. The second kappa shape index (κ2) is 3.44. The van der Waals surface area contributed by atoms with E-state index in [1.54, 1.807) is 0 Å². The van der Waals surface area contributed by atoms with Crippen molar-refractivity contribution in [2.75, 3.05) is 0 Å². The van der Waals surface area contributed by atoms with Crippen LogP contribution in [-0.2, 0) is 14.3 Å². The molecule has 0 unspecified atom stereocenters. The van der Waals surface area contributed by atoms with E-state index in [9.17, 15) is 9.59 Å². The summed E-state index contributed by atoms with van der Waals surface area (Å²) in [6, 6.07) is 0. The lowest BCUT2D eigenvalue weighted by Crippen LogP contribution is -2.54. The maximum atomic E-state index is 12.3. The SMILES string of the molecule is C[C@@H]1CC(=O)[C@H]2[C@@H]1C[C@H]1C(=O)C[C@]2(C)OC1(C)C. The van der Waals surface area contributed by atoms with Crippen molar-refractivity contribution in [2.24, 2.45) is 23.7 Å². The van der Waals surface area contributed by atoms with Gasteiger partial charge in [-0.1, -0.05) is 6.92 Å². The van der Waals surface area contributed by atoms with Gasteiger partial charge in [-0.05, 0) is 39.0 Å². The normalized spacial score (nSPS) is 50.2. The Kier molecular flexibility index (Phi) is 2.36. The number of ether oxygens (including phenoxy) is 1. The van der Waals surface area contributed by atoms with Crippen LogP contribution in [0.15, 0.2) is 0 Å². The molecule has 100 valence electrons. The first-order chi connectivity index (χ1) is 8.24. The fourth-order valence-corrected chi connectivity index (χ4v) is 4.75. The Hall–Kier alpha value is -0.700. The van der Waals surface area contributed by atoms with E-state index in [1.165, 1.54) is 0 Å². The summed E-state index contributed by atoms with van der Waals surface area (Å²) < 4.78 is 6.25. The molecule has 4 fully saturated rings. The summed E-state index contributed by atoms with van der Waals surface area (Å²) in [5.41, 5.74) is -0.992. The van der Waals surface area contributed by atoms with E-state index in [4.69, 9.17) is 4.74 Å². The molecule has 0 aromatic rings. The van der Waals surface area contributed by atoms with E-state index in [1.807, 2.05) is 20.8 Å². The zero-order valence-electron chi connectivity index (χ0n) is 11.7. The summed E-state index contributed by atoms with van der Waals surface area (Å²) in [6.45, 7) is 8.13. The summed E-state index contributed by atoms with van der Waals surface area (Å²) >= 11 is 0. The quantitative estimate of drug-likeness (QED) is 0.663. The average Bonchev–Trinajstić information content (AvgIpc) is 2.35. The number of rotatable bonds is 0. The van der Waals surface area contributed by atoms with Crippen molar-refractivity contribution >= 4 is 11.6 Å². The maximum absolute atomic E-state index is 12.3. The smallest absolute Gasteiger partial charge is 0.141 e. The van der Waals surface area contributed by atoms with Crippen LogP contribution in [0.1, 0.15) is 47.0 Å². The van der Waals surface area contributed by atoms with Crippen molar-refractivity contribution in [1.29, 1.82) is 0 Å². The summed E-state index contributed by atoms with van der Waals surface area (Å²) in [6.07, 6.45) is 1.91. The van der Waals surface area contributed by atoms with Crippen LogP contribution in [0.5, 0.6) is 0 Å². The number of carbonyl (C=O) groups is 2. The van der Waals surface area contributed by atoms with E-state index in [-0.39, 0.29) is 11.8 Å². The number of carbonyl (C=O) groups excluding carboxylic acids is 2. The second-order valence-corrected chi connectivity index (χ2v) is 7.24. The van der Waals surface area contributed by atoms with Gasteiger partial charge >= 0.3 is 0 Å². The highest BCUT2D eigenvalue weighted by atomic mass is 16.5. The first-order valence-corrected chi connectivity index (χ1v) is 7.00. The van der Waals surface area contributed by atoms with Gasteiger partial charge < -0.3 is 4.74 Å². The lowest BCUT2D eigenvalue weighted by molar-refractivity contribution is -0.198. The first kappa shape index (κ1) is 12.3. The average molecular weight is 250 g/mol. The molecule has 5 atom stereocenters. The van der Waals surface area contributed by atoms with E-state index < -0.39 is 11.2 Å². The third-order valence-corrected chi connectivity index (χ3v) is 5.44. The number of Topliss-reactive ketones (excluding diaryl/α,β-unsaturated/α-hetero) is 2. The molecule has 0 amide bonds.